The Morgan fingerprint density at radius 3 is 2.80 bits per heavy atom. The first-order valence-corrected chi connectivity index (χ1v) is 7.33. The summed E-state index contributed by atoms with van der Waals surface area (Å²) in [5.74, 6) is 0. The second kappa shape index (κ2) is 6.46. The van der Waals surface area contributed by atoms with Crippen LogP contribution in [-0.4, -0.2) is 35.8 Å². The van der Waals surface area contributed by atoms with Crippen LogP contribution < -0.4 is 0 Å². The van der Waals surface area contributed by atoms with Crippen LogP contribution in [0.25, 0.3) is 0 Å². The number of likely N-dealkylation sites (tertiary alicyclic amines) is 1. The Morgan fingerprint density at radius 2 is 2.15 bits per heavy atom. The lowest BCUT2D eigenvalue weighted by molar-refractivity contribution is 0.0416. The van der Waals surface area contributed by atoms with E-state index in [2.05, 4.69) is 0 Å². The number of amides is 1. The molecule has 1 atom stereocenters. The van der Waals surface area contributed by atoms with Gasteiger partial charge in [0.15, 0.2) is 0 Å². The van der Waals surface area contributed by atoms with Crippen molar-refractivity contribution in [3.63, 3.8) is 0 Å². The highest BCUT2D eigenvalue weighted by Crippen LogP contribution is 2.32. The van der Waals surface area contributed by atoms with Crippen molar-refractivity contribution in [1.82, 2.24) is 4.90 Å². The Morgan fingerprint density at radius 1 is 1.45 bits per heavy atom. The molecule has 1 saturated heterocycles. The van der Waals surface area contributed by atoms with Gasteiger partial charge >= 0.3 is 6.09 Å². The second-order valence-electron chi connectivity index (χ2n) is 5.18. The number of aliphatic hydroxyl groups is 1. The first kappa shape index (κ1) is 15.1. The summed E-state index contributed by atoms with van der Waals surface area (Å²) in [6.07, 6.45) is 2.02. The highest BCUT2D eigenvalue weighted by molar-refractivity contribution is 6.30. The van der Waals surface area contributed by atoms with Crippen molar-refractivity contribution in [3.8, 4) is 0 Å². The number of rotatable bonds is 4. The largest absolute Gasteiger partial charge is 0.449 e. The third-order valence-corrected chi connectivity index (χ3v) is 3.86. The highest BCUT2D eigenvalue weighted by atomic mass is 35.5. The van der Waals surface area contributed by atoms with Gasteiger partial charge in [0.05, 0.1) is 13.2 Å². The number of unbranched alkanes of at least 4 members (excludes halogenated alkanes) is 1. The predicted molar refractivity (Wildman–Crippen MR) is 77.8 cm³/mol. The Balaban J connectivity index is 1.96. The van der Waals surface area contributed by atoms with E-state index in [9.17, 15) is 9.90 Å². The maximum Gasteiger partial charge on any atom is 0.409 e. The van der Waals surface area contributed by atoms with E-state index in [0.29, 0.717) is 24.6 Å². The molecule has 0 radical (unpaired) electrons. The average molecular weight is 298 g/mol. The minimum Gasteiger partial charge on any atom is -0.449 e. The van der Waals surface area contributed by atoms with Gasteiger partial charge in [-0.1, -0.05) is 37.1 Å². The SMILES string of the molecule is CCCCOC(=O)N1CCC(O)(c2ccc(Cl)cc2)C1. The number of carbonyl (C=O) groups is 1. The van der Waals surface area contributed by atoms with Crippen LogP contribution in [0.1, 0.15) is 31.7 Å². The van der Waals surface area contributed by atoms with Crippen molar-refractivity contribution < 1.29 is 14.6 Å². The third kappa shape index (κ3) is 3.44. The van der Waals surface area contributed by atoms with E-state index in [1.54, 1.807) is 29.2 Å². The van der Waals surface area contributed by atoms with E-state index < -0.39 is 5.60 Å². The lowest BCUT2D eigenvalue weighted by atomic mass is 9.93. The number of ether oxygens (including phenoxy) is 1. The summed E-state index contributed by atoms with van der Waals surface area (Å²) in [7, 11) is 0. The van der Waals surface area contributed by atoms with Gasteiger partial charge < -0.3 is 14.7 Å². The number of nitrogens with zero attached hydrogens (tertiary/aromatic N) is 1. The molecule has 1 fully saturated rings. The first-order chi connectivity index (χ1) is 9.55. The van der Waals surface area contributed by atoms with Crippen LogP contribution >= 0.6 is 11.6 Å². The van der Waals surface area contributed by atoms with E-state index in [4.69, 9.17) is 16.3 Å². The summed E-state index contributed by atoms with van der Waals surface area (Å²) in [6, 6.07) is 7.09. The van der Waals surface area contributed by atoms with Crippen LogP contribution in [0, 0.1) is 0 Å². The van der Waals surface area contributed by atoms with Crippen molar-refractivity contribution in [2.24, 2.45) is 0 Å². The molecule has 2 rings (SSSR count). The van der Waals surface area contributed by atoms with E-state index in [1.807, 2.05) is 6.92 Å². The summed E-state index contributed by atoms with van der Waals surface area (Å²) in [5, 5.41) is 11.3. The van der Waals surface area contributed by atoms with Gasteiger partial charge in [0, 0.05) is 11.6 Å². The quantitative estimate of drug-likeness (QED) is 0.869. The standard InChI is InChI=1S/C15H20ClNO3/c1-2-3-10-20-14(18)17-9-8-15(19,11-17)12-4-6-13(16)7-5-12/h4-7,19H,2-3,8-11H2,1H3. The second-order valence-corrected chi connectivity index (χ2v) is 5.61. The smallest absolute Gasteiger partial charge is 0.409 e. The molecule has 0 bridgehead atoms. The number of hydrogen-bond donors (Lipinski definition) is 1. The first-order valence-electron chi connectivity index (χ1n) is 6.95. The fourth-order valence-corrected chi connectivity index (χ4v) is 2.47. The lowest BCUT2D eigenvalue weighted by Gasteiger charge is -2.23. The Bertz CT molecular complexity index is 463. The number of hydrogen-bond acceptors (Lipinski definition) is 3. The third-order valence-electron chi connectivity index (χ3n) is 3.61. The van der Waals surface area contributed by atoms with Crippen molar-refractivity contribution in [3.05, 3.63) is 34.9 Å². The molecule has 1 unspecified atom stereocenters. The van der Waals surface area contributed by atoms with E-state index in [-0.39, 0.29) is 12.6 Å². The summed E-state index contributed by atoms with van der Waals surface area (Å²) in [5.41, 5.74) is -0.222. The van der Waals surface area contributed by atoms with Crippen molar-refractivity contribution >= 4 is 17.7 Å². The molecule has 1 aromatic carbocycles. The molecule has 20 heavy (non-hydrogen) atoms. The van der Waals surface area contributed by atoms with E-state index in [0.717, 1.165) is 18.4 Å². The zero-order valence-corrected chi connectivity index (χ0v) is 12.4. The Hall–Kier alpha value is -1.26. The Kier molecular flexibility index (Phi) is 4.89. The monoisotopic (exact) mass is 297 g/mol. The predicted octanol–water partition coefficient (Wildman–Crippen LogP) is 3.17. The van der Waals surface area contributed by atoms with Gasteiger partial charge in [0.1, 0.15) is 5.60 Å². The zero-order valence-electron chi connectivity index (χ0n) is 11.6. The number of β-amino-alcohol motifs (C(OH)–C–C–N with tert-alkyl or cyclic N) is 1. The van der Waals surface area contributed by atoms with Crippen LogP contribution in [-0.2, 0) is 10.3 Å². The molecule has 5 heteroatoms. The summed E-state index contributed by atoms with van der Waals surface area (Å²) < 4.78 is 5.17. The number of halogens is 1. The van der Waals surface area contributed by atoms with Crippen LogP contribution in [0.4, 0.5) is 4.79 Å². The molecule has 1 N–H and O–H groups in total. The van der Waals surface area contributed by atoms with Crippen molar-refractivity contribution in [2.75, 3.05) is 19.7 Å². The molecule has 1 aromatic rings. The topological polar surface area (TPSA) is 49.8 Å². The van der Waals surface area contributed by atoms with Gasteiger partial charge in [-0.25, -0.2) is 4.79 Å². The van der Waals surface area contributed by atoms with E-state index >= 15 is 0 Å². The minimum absolute atomic E-state index is 0.263. The van der Waals surface area contributed by atoms with Gasteiger partial charge in [0.2, 0.25) is 0 Å². The van der Waals surface area contributed by atoms with Gasteiger partial charge in [0.25, 0.3) is 0 Å². The van der Waals surface area contributed by atoms with Crippen LogP contribution in [0.5, 0.6) is 0 Å². The molecular formula is C15H20ClNO3. The molecular weight excluding hydrogens is 278 g/mol. The Labute approximate surface area is 124 Å². The molecule has 0 spiro atoms. The van der Waals surface area contributed by atoms with Crippen LogP contribution in [0.15, 0.2) is 24.3 Å². The van der Waals surface area contributed by atoms with E-state index in [1.165, 1.54) is 0 Å². The molecule has 1 aliphatic heterocycles. The molecule has 0 saturated carbocycles. The van der Waals surface area contributed by atoms with Gasteiger partial charge in [-0.15, -0.1) is 0 Å². The molecule has 1 aliphatic rings. The summed E-state index contributed by atoms with van der Waals surface area (Å²) >= 11 is 5.85. The molecule has 1 heterocycles. The fourth-order valence-electron chi connectivity index (χ4n) is 2.34. The highest BCUT2D eigenvalue weighted by Gasteiger charge is 2.40. The summed E-state index contributed by atoms with van der Waals surface area (Å²) in [6.45, 7) is 3.25. The molecule has 0 aromatic heterocycles. The van der Waals surface area contributed by atoms with Crippen molar-refractivity contribution in [1.29, 1.82) is 0 Å². The lowest BCUT2D eigenvalue weighted by Crippen LogP contribution is -2.34. The zero-order chi connectivity index (χ0) is 14.6. The molecule has 4 nitrogen and oxygen atoms in total. The maximum atomic E-state index is 11.9. The van der Waals surface area contributed by atoms with Crippen LogP contribution in [0.3, 0.4) is 0 Å². The normalized spacial score (nSPS) is 22.1. The van der Waals surface area contributed by atoms with Gasteiger partial charge in [-0.05, 0) is 30.5 Å². The minimum atomic E-state index is -1.01. The van der Waals surface area contributed by atoms with Gasteiger partial charge in [-0.3, -0.25) is 0 Å². The summed E-state index contributed by atoms with van der Waals surface area (Å²) in [4.78, 5) is 13.4. The molecule has 1 amide bonds. The fraction of sp³-hybridized carbons (Fsp3) is 0.533. The average Bonchev–Trinajstić information content (AvgIpc) is 2.83. The maximum absolute atomic E-state index is 11.9. The number of benzene rings is 1. The molecule has 110 valence electrons. The number of carbonyl (C=O) groups excluding carboxylic acids is 1. The van der Waals surface area contributed by atoms with Gasteiger partial charge in [-0.2, -0.15) is 0 Å². The van der Waals surface area contributed by atoms with Crippen LogP contribution in [0.2, 0.25) is 5.02 Å². The van der Waals surface area contributed by atoms with Crippen molar-refractivity contribution in [2.45, 2.75) is 31.8 Å². The molecule has 0 aliphatic carbocycles.